The van der Waals surface area contributed by atoms with Gasteiger partial charge in [-0.3, -0.25) is 19.4 Å². The molecule has 0 unspecified atom stereocenters. The minimum absolute atomic E-state index is 0.00481. The zero-order valence-electron chi connectivity index (χ0n) is 20.5. The Morgan fingerprint density at radius 2 is 1.69 bits per heavy atom. The number of carbonyl (C=O) groups excluding carboxylic acids is 2. The van der Waals surface area contributed by atoms with E-state index >= 15 is 0 Å². The minimum Gasteiger partial charge on any atom is -0.424 e. The van der Waals surface area contributed by atoms with Crippen molar-refractivity contribution < 1.29 is 14.0 Å². The first-order valence-corrected chi connectivity index (χ1v) is 12.2. The number of amides is 2. The molecular weight excluding hydrogens is 446 g/mol. The fourth-order valence-corrected chi connectivity index (χ4v) is 4.60. The molecule has 0 spiro atoms. The average Bonchev–Trinajstić information content (AvgIpc) is 3.26. The van der Waals surface area contributed by atoms with Crippen LogP contribution in [0.1, 0.15) is 24.1 Å². The van der Waals surface area contributed by atoms with E-state index in [1.54, 1.807) is 6.92 Å². The third kappa shape index (κ3) is 6.18. The molecule has 2 aliphatic rings. The number of hydrogen-bond donors (Lipinski definition) is 1. The Morgan fingerprint density at radius 1 is 1.03 bits per heavy atom. The predicted octanol–water partition coefficient (Wildman–Crippen LogP) is 1.32. The number of anilines is 2. The molecule has 0 radical (unpaired) electrons. The molecule has 2 aliphatic heterocycles. The summed E-state index contributed by atoms with van der Waals surface area (Å²) in [6, 6.07) is 9.96. The van der Waals surface area contributed by atoms with Crippen LogP contribution in [-0.4, -0.2) is 96.9 Å². The van der Waals surface area contributed by atoms with Crippen LogP contribution in [0.3, 0.4) is 0 Å². The number of aromatic nitrogens is 1. The molecule has 2 amide bonds. The second-order valence-corrected chi connectivity index (χ2v) is 8.98. The number of piperazine rings is 2. The van der Waals surface area contributed by atoms with E-state index in [0.29, 0.717) is 56.7 Å². The van der Waals surface area contributed by atoms with E-state index in [2.05, 4.69) is 33.1 Å². The van der Waals surface area contributed by atoms with Gasteiger partial charge in [-0.25, -0.2) is 4.98 Å². The summed E-state index contributed by atoms with van der Waals surface area (Å²) in [6.07, 6.45) is 0.874. The number of nitriles is 1. The summed E-state index contributed by atoms with van der Waals surface area (Å²) < 4.78 is 5.59. The minimum atomic E-state index is -0.00481. The van der Waals surface area contributed by atoms with Gasteiger partial charge in [-0.05, 0) is 18.1 Å². The van der Waals surface area contributed by atoms with Crippen LogP contribution < -0.4 is 10.2 Å². The number of nitrogens with zero attached hydrogens (tertiary/aromatic N) is 6. The van der Waals surface area contributed by atoms with Crippen LogP contribution in [0.4, 0.5) is 11.6 Å². The smallest absolute Gasteiger partial charge is 0.238 e. The maximum Gasteiger partial charge on any atom is 0.238 e. The fourth-order valence-electron chi connectivity index (χ4n) is 4.60. The molecule has 0 saturated carbocycles. The van der Waals surface area contributed by atoms with Gasteiger partial charge >= 0.3 is 0 Å². The monoisotopic (exact) mass is 479 g/mol. The second-order valence-electron chi connectivity index (χ2n) is 8.98. The van der Waals surface area contributed by atoms with E-state index in [1.807, 2.05) is 34.1 Å². The van der Waals surface area contributed by atoms with Gasteiger partial charge in [0.15, 0.2) is 5.89 Å². The standard InChI is InChI=1S/C25H33N7O3/c1-3-20-6-4-5-7-21(20)28-23(33)17-29-8-10-30(11-9-29)18-24(34)31-12-14-32(15-13-31)25-22(16-26)27-19(2)35-25/h4-7H,3,8-15,17-18H2,1-2H3,(H,28,33). The fraction of sp³-hybridized carbons (Fsp3) is 0.520. The normalized spacial score (nSPS) is 17.3. The first-order valence-electron chi connectivity index (χ1n) is 12.2. The highest BCUT2D eigenvalue weighted by Gasteiger charge is 2.28. The molecule has 10 heteroatoms. The third-order valence-corrected chi connectivity index (χ3v) is 6.61. The summed E-state index contributed by atoms with van der Waals surface area (Å²) in [4.78, 5) is 37.6. The molecule has 0 bridgehead atoms. The number of carbonyl (C=O) groups is 2. The van der Waals surface area contributed by atoms with Crippen molar-refractivity contribution in [3.63, 3.8) is 0 Å². The Kier molecular flexibility index (Phi) is 8.00. The van der Waals surface area contributed by atoms with Gasteiger partial charge < -0.3 is 19.5 Å². The van der Waals surface area contributed by atoms with Gasteiger partial charge in [-0.1, -0.05) is 25.1 Å². The van der Waals surface area contributed by atoms with Crippen molar-refractivity contribution in [2.24, 2.45) is 0 Å². The van der Waals surface area contributed by atoms with Crippen LogP contribution in [0.25, 0.3) is 0 Å². The third-order valence-electron chi connectivity index (χ3n) is 6.61. The van der Waals surface area contributed by atoms with Gasteiger partial charge in [0.25, 0.3) is 0 Å². The summed E-state index contributed by atoms with van der Waals surface area (Å²) in [6.45, 7) is 9.96. The lowest BCUT2D eigenvalue weighted by atomic mass is 10.1. The molecule has 2 saturated heterocycles. The molecule has 186 valence electrons. The molecule has 1 N–H and O–H groups in total. The van der Waals surface area contributed by atoms with E-state index in [1.165, 1.54) is 0 Å². The van der Waals surface area contributed by atoms with Gasteiger partial charge in [0.1, 0.15) is 6.07 Å². The van der Waals surface area contributed by atoms with Crippen molar-refractivity contribution >= 4 is 23.4 Å². The van der Waals surface area contributed by atoms with E-state index < -0.39 is 0 Å². The van der Waals surface area contributed by atoms with Gasteiger partial charge in [0.2, 0.25) is 23.4 Å². The summed E-state index contributed by atoms with van der Waals surface area (Å²) in [5.41, 5.74) is 2.31. The maximum absolute atomic E-state index is 12.9. The lowest BCUT2D eigenvalue weighted by Crippen LogP contribution is -2.54. The van der Waals surface area contributed by atoms with Crippen molar-refractivity contribution in [1.82, 2.24) is 19.7 Å². The van der Waals surface area contributed by atoms with E-state index in [9.17, 15) is 14.9 Å². The highest BCUT2D eigenvalue weighted by molar-refractivity contribution is 5.93. The number of para-hydroxylation sites is 1. The molecule has 2 fully saturated rings. The summed E-state index contributed by atoms with van der Waals surface area (Å²) in [7, 11) is 0. The van der Waals surface area contributed by atoms with E-state index in [-0.39, 0.29) is 11.8 Å². The van der Waals surface area contributed by atoms with Crippen molar-refractivity contribution in [3.05, 3.63) is 41.4 Å². The summed E-state index contributed by atoms with van der Waals surface area (Å²) in [5.74, 6) is 1.07. The predicted molar refractivity (Wildman–Crippen MR) is 132 cm³/mol. The average molecular weight is 480 g/mol. The van der Waals surface area contributed by atoms with Crippen molar-refractivity contribution in [2.75, 3.05) is 75.7 Å². The zero-order valence-corrected chi connectivity index (χ0v) is 20.5. The molecule has 0 atom stereocenters. The Morgan fingerprint density at radius 3 is 2.34 bits per heavy atom. The molecule has 4 rings (SSSR count). The van der Waals surface area contributed by atoms with Gasteiger partial charge in [-0.15, -0.1) is 0 Å². The topological polar surface area (TPSA) is 109 Å². The van der Waals surface area contributed by atoms with E-state index in [4.69, 9.17) is 4.42 Å². The summed E-state index contributed by atoms with van der Waals surface area (Å²) in [5, 5.41) is 12.3. The van der Waals surface area contributed by atoms with Gasteiger partial charge in [0.05, 0.1) is 13.1 Å². The Labute approximate surface area is 206 Å². The lowest BCUT2D eigenvalue weighted by Gasteiger charge is -2.37. The van der Waals surface area contributed by atoms with Crippen molar-refractivity contribution in [1.29, 1.82) is 5.26 Å². The molecule has 2 aromatic rings. The quantitative estimate of drug-likeness (QED) is 0.634. The van der Waals surface area contributed by atoms with Crippen molar-refractivity contribution in [2.45, 2.75) is 20.3 Å². The molecule has 3 heterocycles. The first-order chi connectivity index (χ1) is 17.0. The Balaban J connectivity index is 1.18. The molecular formula is C25H33N7O3. The SMILES string of the molecule is CCc1ccccc1NC(=O)CN1CCN(CC(=O)N2CCN(c3oc(C)nc3C#N)CC2)CC1. The zero-order chi connectivity index (χ0) is 24.8. The van der Waals surface area contributed by atoms with Crippen LogP contribution in [0.2, 0.25) is 0 Å². The largest absolute Gasteiger partial charge is 0.424 e. The summed E-state index contributed by atoms with van der Waals surface area (Å²) >= 11 is 0. The molecule has 1 aromatic heterocycles. The highest BCUT2D eigenvalue weighted by Crippen LogP contribution is 2.22. The van der Waals surface area contributed by atoms with Crippen LogP contribution in [0, 0.1) is 18.3 Å². The maximum atomic E-state index is 12.9. The lowest BCUT2D eigenvalue weighted by molar-refractivity contribution is -0.133. The van der Waals surface area contributed by atoms with Crippen LogP contribution in [0.15, 0.2) is 28.7 Å². The Bertz CT molecular complexity index is 1080. The highest BCUT2D eigenvalue weighted by atomic mass is 16.4. The number of aryl methyl sites for hydroxylation is 2. The van der Waals surface area contributed by atoms with Crippen molar-refractivity contribution in [3.8, 4) is 6.07 Å². The van der Waals surface area contributed by atoms with E-state index in [0.717, 1.165) is 43.9 Å². The molecule has 10 nitrogen and oxygen atoms in total. The number of nitrogens with one attached hydrogen (secondary N) is 1. The number of oxazole rings is 1. The first kappa shape index (κ1) is 24.7. The molecule has 0 aliphatic carbocycles. The second kappa shape index (κ2) is 11.3. The number of hydrogen-bond acceptors (Lipinski definition) is 8. The van der Waals surface area contributed by atoms with Crippen LogP contribution >= 0.6 is 0 Å². The van der Waals surface area contributed by atoms with Crippen LogP contribution in [0.5, 0.6) is 0 Å². The number of rotatable bonds is 7. The Hall–Kier alpha value is -3.42. The van der Waals surface area contributed by atoms with Crippen LogP contribution in [-0.2, 0) is 16.0 Å². The van der Waals surface area contributed by atoms with Gasteiger partial charge in [-0.2, -0.15) is 5.26 Å². The molecule has 1 aromatic carbocycles. The molecule has 35 heavy (non-hydrogen) atoms. The van der Waals surface area contributed by atoms with Gasteiger partial charge in [0, 0.05) is 65.0 Å². The number of benzene rings is 1.